The minimum Gasteiger partial charge on any atom is -0.359 e. The molecule has 1 amide bonds. The summed E-state index contributed by atoms with van der Waals surface area (Å²) in [4.78, 5) is 13.9. The second-order valence-corrected chi connectivity index (χ2v) is 4.59. The number of likely N-dealkylation sites (N-methyl/N-ethyl adjacent to an activating group) is 1. The highest BCUT2D eigenvalue weighted by atomic mass is 16.2. The van der Waals surface area contributed by atoms with Crippen molar-refractivity contribution in [1.29, 1.82) is 0 Å². The van der Waals surface area contributed by atoms with Crippen molar-refractivity contribution in [3.05, 3.63) is 23.8 Å². The van der Waals surface area contributed by atoms with Crippen LogP contribution in [0.2, 0.25) is 0 Å². The lowest BCUT2D eigenvalue weighted by molar-refractivity contribution is -0.120. The van der Waals surface area contributed by atoms with Gasteiger partial charge in [-0.05, 0) is 38.5 Å². The van der Waals surface area contributed by atoms with Crippen molar-refractivity contribution in [2.75, 3.05) is 17.3 Å². The van der Waals surface area contributed by atoms with Gasteiger partial charge in [0.1, 0.15) is 5.54 Å². The molecule has 15 heavy (non-hydrogen) atoms. The minimum absolute atomic E-state index is 0.0445. The Balaban J connectivity index is 2.55. The molecule has 0 radical (unpaired) electrons. The Morgan fingerprint density at radius 3 is 2.67 bits per heavy atom. The maximum Gasteiger partial charge on any atom is 0.249 e. The first-order chi connectivity index (χ1) is 6.93. The van der Waals surface area contributed by atoms with Gasteiger partial charge in [-0.1, -0.05) is 6.07 Å². The number of anilines is 2. The first kappa shape index (κ1) is 10.0. The van der Waals surface area contributed by atoms with E-state index >= 15 is 0 Å². The fraction of sp³-hybridized carbons (Fsp3) is 0.417. The molecule has 1 aromatic carbocycles. The van der Waals surface area contributed by atoms with Crippen LogP contribution < -0.4 is 10.2 Å². The molecule has 2 rings (SSSR count). The summed E-state index contributed by atoms with van der Waals surface area (Å²) in [6.07, 6.45) is 0. The van der Waals surface area contributed by atoms with E-state index in [1.54, 1.807) is 0 Å². The largest absolute Gasteiger partial charge is 0.359 e. The van der Waals surface area contributed by atoms with E-state index < -0.39 is 5.54 Å². The Labute approximate surface area is 90.1 Å². The zero-order valence-corrected chi connectivity index (χ0v) is 9.59. The molecule has 0 aliphatic carbocycles. The number of carbonyl (C=O) groups is 1. The molecule has 1 heterocycles. The second kappa shape index (κ2) is 2.99. The first-order valence-corrected chi connectivity index (χ1v) is 5.09. The van der Waals surface area contributed by atoms with Crippen LogP contribution in [0, 0.1) is 6.92 Å². The molecule has 1 aromatic rings. The van der Waals surface area contributed by atoms with Crippen molar-refractivity contribution >= 4 is 17.3 Å². The third-order valence-corrected chi connectivity index (χ3v) is 3.16. The van der Waals surface area contributed by atoms with Crippen molar-refractivity contribution in [3.8, 4) is 0 Å². The normalized spacial score (nSPS) is 18.4. The van der Waals surface area contributed by atoms with Gasteiger partial charge in [-0.3, -0.25) is 4.79 Å². The van der Waals surface area contributed by atoms with Crippen LogP contribution >= 0.6 is 0 Å². The van der Waals surface area contributed by atoms with Gasteiger partial charge < -0.3 is 10.2 Å². The van der Waals surface area contributed by atoms with Crippen molar-refractivity contribution in [2.24, 2.45) is 0 Å². The summed E-state index contributed by atoms with van der Waals surface area (Å²) in [6, 6.07) is 6.10. The number of hydrogen-bond acceptors (Lipinski definition) is 2. The maximum absolute atomic E-state index is 11.8. The van der Waals surface area contributed by atoms with E-state index in [0.29, 0.717) is 0 Å². The summed E-state index contributed by atoms with van der Waals surface area (Å²) < 4.78 is 0. The van der Waals surface area contributed by atoms with Gasteiger partial charge in [0.15, 0.2) is 0 Å². The van der Waals surface area contributed by atoms with Gasteiger partial charge in [-0.2, -0.15) is 0 Å². The quantitative estimate of drug-likeness (QED) is 0.702. The number of nitrogens with one attached hydrogen (secondary N) is 1. The van der Waals surface area contributed by atoms with Crippen LogP contribution in [0.4, 0.5) is 11.4 Å². The van der Waals surface area contributed by atoms with Gasteiger partial charge in [-0.15, -0.1) is 0 Å². The first-order valence-electron chi connectivity index (χ1n) is 5.09. The van der Waals surface area contributed by atoms with Crippen LogP contribution in [0.15, 0.2) is 18.2 Å². The van der Waals surface area contributed by atoms with E-state index in [4.69, 9.17) is 0 Å². The van der Waals surface area contributed by atoms with Gasteiger partial charge in [0, 0.05) is 7.05 Å². The summed E-state index contributed by atoms with van der Waals surface area (Å²) >= 11 is 0. The number of hydrogen-bond donors (Lipinski definition) is 1. The number of rotatable bonds is 0. The molecular weight excluding hydrogens is 188 g/mol. The van der Waals surface area contributed by atoms with Crippen molar-refractivity contribution < 1.29 is 4.79 Å². The molecule has 0 spiro atoms. The molecular formula is C12H16N2O. The van der Waals surface area contributed by atoms with Crippen LogP contribution in [0.25, 0.3) is 0 Å². The lowest BCUT2D eigenvalue weighted by Gasteiger charge is -2.41. The van der Waals surface area contributed by atoms with Crippen molar-refractivity contribution in [2.45, 2.75) is 26.3 Å². The molecule has 0 fully saturated rings. The van der Waals surface area contributed by atoms with Crippen LogP contribution in [0.3, 0.4) is 0 Å². The molecule has 0 bridgehead atoms. The molecule has 1 aliphatic rings. The molecule has 3 nitrogen and oxygen atoms in total. The average molecular weight is 204 g/mol. The SMILES string of the molecule is Cc1ccc2c(c1)NC(=O)C(C)(C)N2C. The van der Waals surface area contributed by atoms with E-state index in [-0.39, 0.29) is 5.91 Å². The Morgan fingerprint density at radius 1 is 1.33 bits per heavy atom. The van der Waals surface area contributed by atoms with Crippen molar-refractivity contribution in [3.63, 3.8) is 0 Å². The number of aryl methyl sites for hydroxylation is 1. The van der Waals surface area contributed by atoms with Crippen LogP contribution in [-0.2, 0) is 4.79 Å². The Hall–Kier alpha value is -1.51. The fourth-order valence-electron chi connectivity index (χ4n) is 1.77. The predicted octanol–water partition coefficient (Wildman–Crippen LogP) is 2.16. The number of benzene rings is 1. The number of carbonyl (C=O) groups excluding carboxylic acids is 1. The lowest BCUT2D eigenvalue weighted by Crippen LogP contribution is -2.54. The third-order valence-electron chi connectivity index (χ3n) is 3.16. The second-order valence-electron chi connectivity index (χ2n) is 4.59. The van der Waals surface area contributed by atoms with E-state index in [9.17, 15) is 4.79 Å². The van der Waals surface area contributed by atoms with Gasteiger partial charge >= 0.3 is 0 Å². The monoisotopic (exact) mass is 204 g/mol. The average Bonchev–Trinajstić information content (AvgIpc) is 2.15. The van der Waals surface area contributed by atoms with E-state index in [1.807, 2.05) is 44.9 Å². The van der Waals surface area contributed by atoms with Gasteiger partial charge in [0.25, 0.3) is 0 Å². The lowest BCUT2D eigenvalue weighted by atomic mass is 9.97. The summed E-state index contributed by atoms with van der Waals surface area (Å²) in [5.41, 5.74) is 2.65. The molecule has 0 aromatic heterocycles. The summed E-state index contributed by atoms with van der Waals surface area (Å²) in [6.45, 7) is 5.86. The molecule has 0 unspecified atom stereocenters. The maximum atomic E-state index is 11.8. The molecule has 0 saturated heterocycles. The molecule has 0 atom stereocenters. The van der Waals surface area contributed by atoms with E-state index in [1.165, 1.54) is 0 Å². The Morgan fingerprint density at radius 2 is 2.00 bits per heavy atom. The van der Waals surface area contributed by atoms with E-state index in [2.05, 4.69) is 11.4 Å². The Bertz CT molecular complexity index is 424. The van der Waals surface area contributed by atoms with Gasteiger partial charge in [0.2, 0.25) is 5.91 Å². The topological polar surface area (TPSA) is 32.3 Å². The van der Waals surface area contributed by atoms with Crippen LogP contribution in [0.5, 0.6) is 0 Å². The zero-order chi connectivity index (χ0) is 11.2. The minimum atomic E-state index is -0.484. The smallest absolute Gasteiger partial charge is 0.249 e. The highest BCUT2D eigenvalue weighted by Gasteiger charge is 2.37. The number of nitrogens with zero attached hydrogens (tertiary/aromatic N) is 1. The summed E-state index contributed by atoms with van der Waals surface area (Å²) in [5, 5.41) is 2.94. The standard InChI is InChI=1S/C12H16N2O/c1-8-5-6-10-9(7-8)13-11(15)12(2,3)14(10)4/h5-7H,1-4H3,(H,13,15). The molecule has 1 N–H and O–H groups in total. The highest BCUT2D eigenvalue weighted by Crippen LogP contribution is 2.35. The van der Waals surface area contributed by atoms with E-state index in [0.717, 1.165) is 16.9 Å². The zero-order valence-electron chi connectivity index (χ0n) is 9.59. The molecule has 80 valence electrons. The van der Waals surface area contributed by atoms with Gasteiger partial charge in [-0.25, -0.2) is 0 Å². The Kier molecular flexibility index (Phi) is 2.00. The fourth-order valence-corrected chi connectivity index (χ4v) is 1.77. The van der Waals surface area contributed by atoms with Crippen molar-refractivity contribution in [1.82, 2.24) is 0 Å². The predicted molar refractivity (Wildman–Crippen MR) is 62.3 cm³/mol. The third kappa shape index (κ3) is 1.39. The van der Waals surface area contributed by atoms with Crippen LogP contribution in [-0.4, -0.2) is 18.5 Å². The van der Waals surface area contributed by atoms with Crippen LogP contribution in [0.1, 0.15) is 19.4 Å². The molecule has 0 saturated carbocycles. The summed E-state index contributed by atoms with van der Waals surface area (Å²) in [5.74, 6) is 0.0445. The summed E-state index contributed by atoms with van der Waals surface area (Å²) in [7, 11) is 1.95. The molecule has 3 heteroatoms. The number of fused-ring (bicyclic) bond motifs is 1. The number of amides is 1. The molecule has 1 aliphatic heterocycles. The van der Waals surface area contributed by atoms with Gasteiger partial charge in [0.05, 0.1) is 11.4 Å². The highest BCUT2D eigenvalue weighted by molar-refractivity contribution is 6.06.